The molecule has 0 saturated carbocycles. The minimum atomic E-state index is -0.0419. The number of likely N-dealkylation sites (N-methyl/N-ethyl adjacent to an activating group) is 1. The maximum absolute atomic E-state index is 11.7. The molecular formula is C11H14N4OS. The fourth-order valence-electron chi connectivity index (χ4n) is 2.10. The molecule has 1 aliphatic rings. The molecule has 5 nitrogen and oxygen atoms in total. The van der Waals surface area contributed by atoms with Gasteiger partial charge in [-0.25, -0.2) is 4.98 Å². The van der Waals surface area contributed by atoms with Gasteiger partial charge in [0.05, 0.1) is 11.7 Å². The van der Waals surface area contributed by atoms with Crippen LogP contribution in [0.2, 0.25) is 0 Å². The van der Waals surface area contributed by atoms with E-state index in [1.807, 2.05) is 29.2 Å². The van der Waals surface area contributed by atoms with Crippen LogP contribution >= 0.6 is 11.3 Å². The summed E-state index contributed by atoms with van der Waals surface area (Å²) in [6.07, 6.45) is 4.88. The van der Waals surface area contributed by atoms with E-state index in [0.717, 1.165) is 23.6 Å². The molecule has 17 heavy (non-hydrogen) atoms. The standard InChI is InChI=1S/C11H14N4OS/c1-14-3-2-9(10(14)16)12-6-8-7-15-4-5-17-11(15)13-8/h4-5,7,9,12H,2-3,6H2,1H3. The highest BCUT2D eigenvalue weighted by atomic mass is 32.1. The molecule has 0 aromatic carbocycles. The summed E-state index contributed by atoms with van der Waals surface area (Å²) in [6, 6.07) is -0.0419. The van der Waals surface area contributed by atoms with Crippen LogP contribution in [0.5, 0.6) is 0 Å². The highest BCUT2D eigenvalue weighted by Gasteiger charge is 2.28. The van der Waals surface area contributed by atoms with Gasteiger partial charge < -0.3 is 10.2 Å². The van der Waals surface area contributed by atoms with Crippen molar-refractivity contribution in [2.45, 2.75) is 19.0 Å². The number of rotatable bonds is 3. The van der Waals surface area contributed by atoms with E-state index in [4.69, 9.17) is 0 Å². The number of nitrogens with zero attached hydrogens (tertiary/aromatic N) is 3. The van der Waals surface area contributed by atoms with Crippen molar-refractivity contribution in [2.75, 3.05) is 13.6 Å². The predicted octanol–water partition coefficient (Wildman–Crippen LogP) is 0.716. The van der Waals surface area contributed by atoms with E-state index < -0.39 is 0 Å². The Bertz CT molecular complexity index is 518. The number of thiazole rings is 1. The van der Waals surface area contributed by atoms with Gasteiger partial charge in [-0.2, -0.15) is 0 Å². The molecule has 1 atom stereocenters. The van der Waals surface area contributed by atoms with Gasteiger partial charge in [-0.3, -0.25) is 9.20 Å². The predicted molar refractivity (Wildman–Crippen MR) is 66.0 cm³/mol. The third-order valence-corrected chi connectivity index (χ3v) is 3.87. The fraction of sp³-hybridized carbons (Fsp3) is 0.455. The monoisotopic (exact) mass is 250 g/mol. The molecule has 3 rings (SSSR count). The topological polar surface area (TPSA) is 49.6 Å². The summed E-state index contributed by atoms with van der Waals surface area (Å²) in [5.74, 6) is 0.186. The lowest BCUT2D eigenvalue weighted by Gasteiger charge is -2.10. The first-order valence-electron chi connectivity index (χ1n) is 5.63. The summed E-state index contributed by atoms with van der Waals surface area (Å²) in [5, 5.41) is 5.28. The molecule has 1 N–H and O–H groups in total. The van der Waals surface area contributed by atoms with Crippen LogP contribution < -0.4 is 5.32 Å². The van der Waals surface area contributed by atoms with Crippen molar-refractivity contribution < 1.29 is 4.79 Å². The SMILES string of the molecule is CN1CCC(NCc2cn3ccsc3n2)C1=O. The molecule has 90 valence electrons. The van der Waals surface area contributed by atoms with Gasteiger partial charge in [0.2, 0.25) is 5.91 Å². The molecule has 6 heteroatoms. The second-order valence-corrected chi connectivity index (χ2v) is 5.18. The smallest absolute Gasteiger partial charge is 0.239 e. The summed E-state index contributed by atoms with van der Waals surface area (Å²) in [4.78, 5) is 18.9. The van der Waals surface area contributed by atoms with E-state index in [2.05, 4.69) is 10.3 Å². The first-order chi connectivity index (χ1) is 8.24. The summed E-state index contributed by atoms with van der Waals surface area (Å²) in [7, 11) is 1.84. The zero-order valence-corrected chi connectivity index (χ0v) is 10.4. The van der Waals surface area contributed by atoms with Crippen molar-refractivity contribution in [1.82, 2.24) is 19.6 Å². The summed E-state index contributed by atoms with van der Waals surface area (Å²) in [6.45, 7) is 1.49. The molecule has 2 aromatic heterocycles. The number of aromatic nitrogens is 2. The molecule has 0 bridgehead atoms. The Hall–Kier alpha value is -1.40. The average molecular weight is 250 g/mol. The number of nitrogens with one attached hydrogen (secondary N) is 1. The van der Waals surface area contributed by atoms with Crippen molar-refractivity contribution in [1.29, 1.82) is 0 Å². The largest absolute Gasteiger partial charge is 0.344 e. The molecule has 0 spiro atoms. The lowest BCUT2D eigenvalue weighted by molar-refractivity contribution is -0.128. The molecule has 0 radical (unpaired) electrons. The minimum absolute atomic E-state index is 0.0419. The van der Waals surface area contributed by atoms with Gasteiger partial charge in [-0.15, -0.1) is 11.3 Å². The van der Waals surface area contributed by atoms with Crippen molar-refractivity contribution >= 4 is 22.2 Å². The van der Waals surface area contributed by atoms with Crippen LogP contribution in [0.25, 0.3) is 4.96 Å². The highest BCUT2D eigenvalue weighted by Crippen LogP contribution is 2.13. The van der Waals surface area contributed by atoms with E-state index in [-0.39, 0.29) is 11.9 Å². The second kappa shape index (κ2) is 4.12. The first kappa shape index (κ1) is 10.7. The summed E-state index contributed by atoms with van der Waals surface area (Å²) in [5.41, 5.74) is 0.985. The van der Waals surface area contributed by atoms with Crippen LogP contribution in [0.1, 0.15) is 12.1 Å². The van der Waals surface area contributed by atoms with Crippen LogP contribution in [0.3, 0.4) is 0 Å². The van der Waals surface area contributed by atoms with Crippen molar-refractivity contribution in [3.63, 3.8) is 0 Å². The van der Waals surface area contributed by atoms with Crippen molar-refractivity contribution in [3.05, 3.63) is 23.5 Å². The quantitative estimate of drug-likeness (QED) is 0.873. The molecule has 1 aliphatic heterocycles. The van der Waals surface area contributed by atoms with Gasteiger partial charge >= 0.3 is 0 Å². The van der Waals surface area contributed by atoms with Gasteiger partial charge in [0.25, 0.3) is 0 Å². The fourth-order valence-corrected chi connectivity index (χ4v) is 2.82. The van der Waals surface area contributed by atoms with E-state index in [1.165, 1.54) is 0 Å². The molecule has 3 heterocycles. The van der Waals surface area contributed by atoms with E-state index in [0.29, 0.717) is 6.54 Å². The average Bonchev–Trinajstić information content (AvgIpc) is 2.94. The van der Waals surface area contributed by atoms with E-state index in [9.17, 15) is 4.79 Å². The van der Waals surface area contributed by atoms with Crippen molar-refractivity contribution in [3.8, 4) is 0 Å². The Kier molecular flexibility index (Phi) is 2.60. The van der Waals surface area contributed by atoms with E-state index in [1.54, 1.807) is 16.2 Å². The lowest BCUT2D eigenvalue weighted by atomic mass is 10.2. The number of carbonyl (C=O) groups excluding carboxylic acids is 1. The Labute approximate surface area is 103 Å². The normalized spacial score (nSPS) is 20.6. The number of likely N-dealkylation sites (tertiary alicyclic amines) is 1. The molecule has 1 unspecified atom stereocenters. The van der Waals surface area contributed by atoms with Crippen molar-refractivity contribution in [2.24, 2.45) is 0 Å². The minimum Gasteiger partial charge on any atom is -0.344 e. The molecule has 1 saturated heterocycles. The molecular weight excluding hydrogens is 236 g/mol. The molecule has 1 amide bonds. The highest BCUT2D eigenvalue weighted by molar-refractivity contribution is 7.15. The number of carbonyl (C=O) groups is 1. The molecule has 2 aromatic rings. The number of hydrogen-bond acceptors (Lipinski definition) is 4. The molecule has 0 aliphatic carbocycles. The third-order valence-electron chi connectivity index (χ3n) is 3.10. The van der Waals surface area contributed by atoms with E-state index >= 15 is 0 Å². The van der Waals surface area contributed by atoms with Crippen LogP contribution in [0.4, 0.5) is 0 Å². The number of amides is 1. The maximum atomic E-state index is 11.7. The Morgan fingerprint density at radius 2 is 2.53 bits per heavy atom. The van der Waals surface area contributed by atoms with Crippen LogP contribution in [0.15, 0.2) is 17.8 Å². The Morgan fingerprint density at radius 1 is 1.65 bits per heavy atom. The summed E-state index contributed by atoms with van der Waals surface area (Å²) < 4.78 is 2.00. The molecule has 1 fully saturated rings. The lowest BCUT2D eigenvalue weighted by Crippen LogP contribution is -2.36. The van der Waals surface area contributed by atoms with Crippen LogP contribution in [0, 0.1) is 0 Å². The van der Waals surface area contributed by atoms with Gasteiger partial charge in [-0.05, 0) is 6.42 Å². The Balaban J connectivity index is 1.64. The third kappa shape index (κ3) is 1.94. The maximum Gasteiger partial charge on any atom is 0.239 e. The second-order valence-electron chi connectivity index (χ2n) is 4.31. The van der Waals surface area contributed by atoms with Crippen LogP contribution in [-0.4, -0.2) is 39.8 Å². The number of fused-ring (bicyclic) bond motifs is 1. The number of imidazole rings is 1. The van der Waals surface area contributed by atoms with Crippen LogP contribution in [-0.2, 0) is 11.3 Å². The van der Waals surface area contributed by atoms with Gasteiger partial charge in [0.1, 0.15) is 0 Å². The Morgan fingerprint density at radius 3 is 3.24 bits per heavy atom. The van der Waals surface area contributed by atoms with Gasteiger partial charge in [0.15, 0.2) is 4.96 Å². The zero-order chi connectivity index (χ0) is 11.8. The van der Waals surface area contributed by atoms with Gasteiger partial charge in [0, 0.05) is 37.9 Å². The summed E-state index contributed by atoms with van der Waals surface area (Å²) >= 11 is 1.62. The zero-order valence-electron chi connectivity index (χ0n) is 9.59. The van der Waals surface area contributed by atoms with Gasteiger partial charge in [-0.1, -0.05) is 0 Å². The first-order valence-corrected chi connectivity index (χ1v) is 6.51. The number of hydrogen-bond donors (Lipinski definition) is 1.